The van der Waals surface area contributed by atoms with Gasteiger partial charge in [-0.3, -0.25) is 0 Å². The monoisotopic (exact) mass is 420 g/mol. The van der Waals surface area contributed by atoms with Crippen molar-refractivity contribution >= 4 is 34.2 Å². The molecule has 0 radical (unpaired) electrons. The molecule has 110 valence electrons. The molecule has 1 nitrogen and oxygen atoms in total. The van der Waals surface area contributed by atoms with E-state index in [1.807, 2.05) is 0 Å². The SMILES string of the molecule is OCC(I)CC(F)(F)C(F)(F)C(F)(F)C(F)(F)Cl. The first-order valence-electron chi connectivity index (χ1n) is 4.16. The van der Waals surface area contributed by atoms with Gasteiger partial charge in [0.15, 0.2) is 0 Å². The summed E-state index contributed by atoms with van der Waals surface area (Å²) < 4.78 is 99.3. The van der Waals surface area contributed by atoms with Gasteiger partial charge in [-0.05, 0) is 11.6 Å². The van der Waals surface area contributed by atoms with Crippen LogP contribution in [0, 0.1) is 0 Å². The van der Waals surface area contributed by atoms with Gasteiger partial charge >= 0.3 is 23.1 Å². The summed E-state index contributed by atoms with van der Waals surface area (Å²) in [6.45, 7) is -1.00. The third-order valence-corrected chi connectivity index (χ3v) is 2.96. The number of alkyl halides is 10. The molecule has 1 unspecified atom stereocenters. The Hall–Kier alpha value is 0.420. The Morgan fingerprint density at radius 1 is 0.944 bits per heavy atom. The molecule has 0 fully saturated rings. The second kappa shape index (κ2) is 5.43. The third kappa shape index (κ3) is 3.30. The summed E-state index contributed by atoms with van der Waals surface area (Å²) >= 11 is 4.83. The number of hydrogen-bond donors (Lipinski definition) is 1. The van der Waals surface area contributed by atoms with Crippen molar-refractivity contribution in [2.45, 2.75) is 33.5 Å². The smallest absolute Gasteiger partial charge is 0.392 e. The maximum atomic E-state index is 12.9. The van der Waals surface area contributed by atoms with E-state index in [1.54, 1.807) is 0 Å². The highest BCUT2D eigenvalue weighted by atomic mass is 127. The zero-order valence-corrected chi connectivity index (χ0v) is 11.1. The van der Waals surface area contributed by atoms with Crippen LogP contribution in [-0.4, -0.2) is 38.8 Å². The molecule has 0 aliphatic carbocycles. The number of rotatable bonds is 6. The van der Waals surface area contributed by atoms with Gasteiger partial charge in [-0.2, -0.15) is 35.1 Å². The topological polar surface area (TPSA) is 20.2 Å². The first-order valence-corrected chi connectivity index (χ1v) is 5.78. The van der Waals surface area contributed by atoms with E-state index in [9.17, 15) is 35.1 Å². The molecule has 0 saturated heterocycles. The minimum Gasteiger partial charge on any atom is -0.395 e. The molecule has 0 heterocycles. The number of aliphatic hydroxyl groups is 1. The van der Waals surface area contributed by atoms with Gasteiger partial charge in [0.05, 0.1) is 6.61 Å². The number of aliphatic hydroxyl groups excluding tert-OH is 1. The summed E-state index contributed by atoms with van der Waals surface area (Å²) in [5, 5.41) is 2.55. The fraction of sp³-hybridized carbons (Fsp3) is 1.00. The van der Waals surface area contributed by atoms with Gasteiger partial charge in [-0.1, -0.05) is 22.6 Å². The van der Waals surface area contributed by atoms with Gasteiger partial charge < -0.3 is 5.11 Å². The lowest BCUT2D eigenvalue weighted by molar-refractivity contribution is -0.348. The Balaban J connectivity index is 5.36. The van der Waals surface area contributed by atoms with Gasteiger partial charge in [-0.15, -0.1) is 0 Å². The van der Waals surface area contributed by atoms with E-state index in [-0.39, 0.29) is 0 Å². The van der Waals surface area contributed by atoms with Crippen LogP contribution in [0.1, 0.15) is 6.42 Å². The van der Waals surface area contributed by atoms with Crippen LogP contribution in [0.5, 0.6) is 0 Å². The quantitative estimate of drug-likeness (QED) is 0.393. The normalized spacial score (nSPS) is 16.8. The maximum Gasteiger partial charge on any atom is 0.392 e. The van der Waals surface area contributed by atoms with Crippen LogP contribution in [0.3, 0.4) is 0 Å². The Kier molecular flexibility index (Phi) is 5.55. The van der Waals surface area contributed by atoms with Gasteiger partial charge in [0.1, 0.15) is 0 Å². The van der Waals surface area contributed by atoms with Crippen molar-refractivity contribution in [1.82, 2.24) is 0 Å². The van der Waals surface area contributed by atoms with E-state index >= 15 is 0 Å². The average Bonchev–Trinajstić information content (AvgIpc) is 2.14. The molecule has 0 bridgehead atoms. The lowest BCUT2D eigenvalue weighted by atomic mass is 10.0. The summed E-state index contributed by atoms with van der Waals surface area (Å²) in [4.78, 5) is 0. The van der Waals surface area contributed by atoms with E-state index in [1.165, 1.54) is 0 Å². The van der Waals surface area contributed by atoms with Crippen molar-refractivity contribution in [1.29, 1.82) is 0 Å². The highest BCUT2D eigenvalue weighted by Crippen LogP contribution is 2.55. The predicted molar refractivity (Wildman–Crippen MR) is 55.2 cm³/mol. The molecule has 11 heteroatoms. The van der Waals surface area contributed by atoms with Crippen LogP contribution in [0.2, 0.25) is 0 Å². The van der Waals surface area contributed by atoms with Crippen molar-refractivity contribution in [3.63, 3.8) is 0 Å². The molecule has 0 amide bonds. The zero-order chi connectivity index (χ0) is 15.0. The van der Waals surface area contributed by atoms with Gasteiger partial charge in [0, 0.05) is 10.3 Å². The fourth-order valence-corrected chi connectivity index (χ4v) is 1.55. The van der Waals surface area contributed by atoms with Crippen LogP contribution < -0.4 is 0 Å². The van der Waals surface area contributed by atoms with Crippen molar-refractivity contribution in [3.05, 3.63) is 0 Å². The number of hydrogen-bond acceptors (Lipinski definition) is 1. The predicted octanol–water partition coefficient (Wildman–Crippen LogP) is 3.91. The molecule has 18 heavy (non-hydrogen) atoms. The van der Waals surface area contributed by atoms with Crippen molar-refractivity contribution < 1.29 is 40.2 Å². The van der Waals surface area contributed by atoms with Crippen LogP contribution in [0.15, 0.2) is 0 Å². The largest absolute Gasteiger partial charge is 0.395 e. The Bertz CT molecular complexity index is 292. The Morgan fingerprint density at radius 2 is 1.33 bits per heavy atom. The van der Waals surface area contributed by atoms with Crippen LogP contribution >= 0.6 is 34.2 Å². The Morgan fingerprint density at radius 3 is 1.61 bits per heavy atom. The second-order valence-electron chi connectivity index (χ2n) is 3.33. The molecule has 0 saturated carbocycles. The summed E-state index contributed by atoms with van der Waals surface area (Å²) in [7, 11) is 0. The van der Waals surface area contributed by atoms with Crippen molar-refractivity contribution in [3.8, 4) is 0 Å². The molecule has 0 aliphatic rings. The van der Waals surface area contributed by atoms with E-state index in [0.717, 1.165) is 22.6 Å². The first-order chi connectivity index (χ1) is 7.70. The van der Waals surface area contributed by atoms with Gasteiger partial charge in [-0.25, -0.2) is 0 Å². The molecule has 0 aliphatic heterocycles. The van der Waals surface area contributed by atoms with E-state index in [2.05, 4.69) is 11.6 Å². The molecular weight excluding hydrogens is 414 g/mol. The van der Waals surface area contributed by atoms with Crippen molar-refractivity contribution in [2.24, 2.45) is 0 Å². The molecular formula is C7H6ClF8IO. The lowest BCUT2D eigenvalue weighted by Crippen LogP contribution is -2.61. The summed E-state index contributed by atoms with van der Waals surface area (Å²) in [6, 6.07) is 0. The average molecular weight is 420 g/mol. The molecule has 0 aromatic carbocycles. The molecule has 1 N–H and O–H groups in total. The van der Waals surface area contributed by atoms with Gasteiger partial charge in [0.25, 0.3) is 0 Å². The standard InChI is InChI=1S/C7H6ClF8IO/c8-7(15,16)6(13,14)5(11,12)4(9,10)1-3(17)2-18/h3,18H,1-2H2. The molecule has 0 aromatic heterocycles. The van der Waals surface area contributed by atoms with E-state index < -0.39 is 40.1 Å². The fourth-order valence-electron chi connectivity index (χ4n) is 0.879. The second-order valence-corrected chi connectivity index (χ2v) is 5.57. The highest BCUT2D eigenvalue weighted by Gasteiger charge is 2.80. The van der Waals surface area contributed by atoms with E-state index in [0.29, 0.717) is 0 Å². The minimum absolute atomic E-state index is 1.00. The molecule has 1 atom stereocenters. The van der Waals surface area contributed by atoms with E-state index in [4.69, 9.17) is 5.11 Å². The molecule has 0 spiro atoms. The van der Waals surface area contributed by atoms with Crippen LogP contribution in [0.4, 0.5) is 35.1 Å². The lowest BCUT2D eigenvalue weighted by Gasteiger charge is -2.35. The van der Waals surface area contributed by atoms with Crippen LogP contribution in [0.25, 0.3) is 0 Å². The first kappa shape index (κ1) is 18.4. The zero-order valence-electron chi connectivity index (χ0n) is 8.22. The summed E-state index contributed by atoms with van der Waals surface area (Å²) in [5.41, 5.74) is 0. The third-order valence-electron chi connectivity index (χ3n) is 1.89. The van der Waals surface area contributed by atoms with Crippen LogP contribution in [-0.2, 0) is 0 Å². The molecule has 0 rings (SSSR count). The molecule has 0 aromatic rings. The minimum atomic E-state index is -6.43. The summed E-state index contributed by atoms with van der Waals surface area (Å²) in [5.74, 6) is -18.2. The van der Waals surface area contributed by atoms with Gasteiger partial charge in [0.2, 0.25) is 0 Å². The highest BCUT2D eigenvalue weighted by molar-refractivity contribution is 14.1. The Labute approximate surface area is 115 Å². The summed E-state index contributed by atoms with van der Waals surface area (Å²) in [6.07, 6.45) is -1.90. The number of halogens is 10. The van der Waals surface area contributed by atoms with Crippen molar-refractivity contribution in [2.75, 3.05) is 6.61 Å². The maximum absolute atomic E-state index is 12.9.